The molecular weight excluding hydrogens is 417 g/mol. The van der Waals surface area contributed by atoms with E-state index >= 15 is 0 Å². The second-order valence-corrected chi connectivity index (χ2v) is 7.45. The SMILES string of the molecule is COC(=O)[C@@H](Cc1ccccc1F)NC(=O)C[C@@H]1NC(=O)[C@H](Cc2ccccc2)NC1=O. The summed E-state index contributed by atoms with van der Waals surface area (Å²) in [7, 11) is 1.16. The van der Waals surface area contributed by atoms with Gasteiger partial charge in [0.15, 0.2) is 0 Å². The van der Waals surface area contributed by atoms with E-state index in [4.69, 9.17) is 4.74 Å². The van der Waals surface area contributed by atoms with E-state index in [0.717, 1.165) is 12.7 Å². The largest absolute Gasteiger partial charge is 0.467 e. The first-order valence-electron chi connectivity index (χ1n) is 10.1. The minimum Gasteiger partial charge on any atom is -0.467 e. The summed E-state index contributed by atoms with van der Waals surface area (Å²) in [6.45, 7) is 0. The maximum Gasteiger partial charge on any atom is 0.328 e. The predicted octanol–water partition coefficient (Wildman–Crippen LogP) is 0.642. The first-order chi connectivity index (χ1) is 15.4. The van der Waals surface area contributed by atoms with Crippen LogP contribution in [0, 0.1) is 5.82 Å². The van der Waals surface area contributed by atoms with Crippen molar-refractivity contribution in [2.24, 2.45) is 0 Å². The third-order valence-electron chi connectivity index (χ3n) is 5.14. The molecule has 2 aromatic carbocycles. The fourth-order valence-corrected chi connectivity index (χ4v) is 3.47. The van der Waals surface area contributed by atoms with Crippen LogP contribution in [0.4, 0.5) is 4.39 Å². The van der Waals surface area contributed by atoms with Gasteiger partial charge in [-0.3, -0.25) is 14.4 Å². The van der Waals surface area contributed by atoms with E-state index < -0.39 is 47.6 Å². The Balaban J connectivity index is 1.59. The smallest absolute Gasteiger partial charge is 0.328 e. The van der Waals surface area contributed by atoms with E-state index in [1.54, 1.807) is 6.07 Å². The van der Waals surface area contributed by atoms with Gasteiger partial charge in [-0.1, -0.05) is 48.5 Å². The van der Waals surface area contributed by atoms with Crippen LogP contribution in [0.5, 0.6) is 0 Å². The van der Waals surface area contributed by atoms with Crippen molar-refractivity contribution in [1.29, 1.82) is 0 Å². The normalized spacial score (nSPS) is 18.8. The van der Waals surface area contributed by atoms with Gasteiger partial charge in [-0.25, -0.2) is 9.18 Å². The molecule has 0 aliphatic carbocycles. The average molecular weight is 441 g/mol. The van der Waals surface area contributed by atoms with Crippen LogP contribution in [0.3, 0.4) is 0 Å². The molecule has 1 saturated heterocycles. The number of piperazine rings is 1. The Hall–Kier alpha value is -3.75. The molecule has 1 heterocycles. The number of ether oxygens (including phenoxy) is 1. The Bertz CT molecular complexity index is 998. The summed E-state index contributed by atoms with van der Waals surface area (Å²) in [5.74, 6) is -2.81. The van der Waals surface area contributed by atoms with Crippen LogP contribution >= 0.6 is 0 Å². The monoisotopic (exact) mass is 441 g/mol. The number of amides is 3. The standard InChI is InChI=1S/C23H24FN3O5/c1-32-23(31)19(12-15-9-5-6-10-16(15)24)25-20(28)13-18-22(30)26-17(21(29)27-18)11-14-7-3-2-4-8-14/h2-10,17-19H,11-13H2,1H3,(H,25,28)(H,26,30)(H,27,29)/t17-,18-,19+/m0/s1. The summed E-state index contributed by atoms with van der Waals surface area (Å²) in [6, 6.07) is 12.1. The highest BCUT2D eigenvalue weighted by atomic mass is 19.1. The van der Waals surface area contributed by atoms with Gasteiger partial charge in [0.05, 0.1) is 13.5 Å². The molecule has 3 atom stereocenters. The van der Waals surface area contributed by atoms with E-state index in [9.17, 15) is 23.6 Å². The molecule has 1 fully saturated rings. The molecule has 0 unspecified atom stereocenters. The van der Waals surface area contributed by atoms with Crippen molar-refractivity contribution in [3.63, 3.8) is 0 Å². The maximum atomic E-state index is 13.9. The van der Waals surface area contributed by atoms with Crippen LogP contribution in [-0.4, -0.2) is 48.9 Å². The fourth-order valence-electron chi connectivity index (χ4n) is 3.47. The number of methoxy groups -OCH3 is 1. The van der Waals surface area contributed by atoms with Crippen molar-refractivity contribution in [3.8, 4) is 0 Å². The summed E-state index contributed by atoms with van der Waals surface area (Å²) in [6.07, 6.45) is -0.168. The molecule has 3 amide bonds. The highest BCUT2D eigenvalue weighted by molar-refractivity contribution is 5.99. The molecule has 0 spiro atoms. The molecule has 0 saturated carbocycles. The molecule has 32 heavy (non-hydrogen) atoms. The number of carbonyl (C=O) groups excluding carboxylic acids is 4. The van der Waals surface area contributed by atoms with Crippen LogP contribution in [-0.2, 0) is 36.8 Å². The van der Waals surface area contributed by atoms with Crippen LogP contribution in [0.15, 0.2) is 54.6 Å². The number of rotatable bonds is 8. The zero-order chi connectivity index (χ0) is 23.1. The van der Waals surface area contributed by atoms with Gasteiger partial charge in [0, 0.05) is 12.8 Å². The highest BCUT2D eigenvalue weighted by Gasteiger charge is 2.35. The quantitative estimate of drug-likeness (QED) is 0.521. The van der Waals surface area contributed by atoms with Crippen LogP contribution in [0.2, 0.25) is 0 Å². The lowest BCUT2D eigenvalue weighted by molar-refractivity contribution is -0.145. The first kappa shape index (κ1) is 22.9. The second-order valence-electron chi connectivity index (χ2n) is 7.45. The van der Waals surface area contributed by atoms with Crippen molar-refractivity contribution in [3.05, 3.63) is 71.5 Å². The molecule has 3 rings (SSSR count). The Morgan fingerprint density at radius 3 is 2.31 bits per heavy atom. The number of nitrogens with one attached hydrogen (secondary N) is 3. The van der Waals surface area contributed by atoms with E-state index in [1.165, 1.54) is 18.2 Å². The number of esters is 1. The lowest BCUT2D eigenvalue weighted by Gasteiger charge is -2.29. The molecule has 0 radical (unpaired) electrons. The summed E-state index contributed by atoms with van der Waals surface area (Å²) < 4.78 is 18.6. The molecule has 168 valence electrons. The van der Waals surface area contributed by atoms with Crippen molar-refractivity contribution in [2.75, 3.05) is 7.11 Å². The molecule has 1 aliphatic rings. The number of carbonyl (C=O) groups is 4. The average Bonchev–Trinajstić information content (AvgIpc) is 2.78. The first-order valence-corrected chi connectivity index (χ1v) is 10.1. The fraction of sp³-hybridized carbons (Fsp3) is 0.304. The van der Waals surface area contributed by atoms with Gasteiger partial charge in [0.2, 0.25) is 17.7 Å². The molecule has 1 aliphatic heterocycles. The number of hydrogen-bond donors (Lipinski definition) is 3. The minimum atomic E-state index is -1.14. The van der Waals surface area contributed by atoms with Crippen LogP contribution in [0.1, 0.15) is 17.5 Å². The molecule has 8 nitrogen and oxygen atoms in total. The summed E-state index contributed by atoms with van der Waals surface area (Å²) in [5, 5.41) is 7.65. The van der Waals surface area contributed by atoms with Gasteiger partial charge in [0.25, 0.3) is 0 Å². The Labute approximate surface area is 184 Å². The molecule has 0 aromatic heterocycles. The Morgan fingerprint density at radius 2 is 1.62 bits per heavy atom. The number of halogens is 1. The van der Waals surface area contributed by atoms with Gasteiger partial charge in [-0.2, -0.15) is 0 Å². The third-order valence-corrected chi connectivity index (χ3v) is 5.14. The zero-order valence-electron chi connectivity index (χ0n) is 17.5. The van der Waals surface area contributed by atoms with Gasteiger partial charge >= 0.3 is 5.97 Å². The van der Waals surface area contributed by atoms with Crippen LogP contribution in [0.25, 0.3) is 0 Å². The van der Waals surface area contributed by atoms with Crippen molar-refractivity contribution in [2.45, 2.75) is 37.4 Å². The predicted molar refractivity (Wildman–Crippen MR) is 113 cm³/mol. The van der Waals surface area contributed by atoms with E-state index in [-0.39, 0.29) is 18.4 Å². The van der Waals surface area contributed by atoms with E-state index in [1.807, 2.05) is 30.3 Å². The number of hydrogen-bond acceptors (Lipinski definition) is 5. The molecule has 3 N–H and O–H groups in total. The summed E-state index contributed by atoms with van der Waals surface area (Å²) >= 11 is 0. The second kappa shape index (κ2) is 10.5. The Kier molecular flexibility index (Phi) is 7.54. The summed E-state index contributed by atoms with van der Waals surface area (Å²) in [5.41, 5.74) is 1.12. The van der Waals surface area contributed by atoms with Crippen LogP contribution < -0.4 is 16.0 Å². The molecule has 9 heteroatoms. The van der Waals surface area contributed by atoms with Crippen molar-refractivity contribution < 1.29 is 28.3 Å². The molecular formula is C23H24FN3O5. The topological polar surface area (TPSA) is 114 Å². The number of benzene rings is 2. The maximum absolute atomic E-state index is 13.9. The lowest BCUT2D eigenvalue weighted by Crippen LogP contribution is -2.63. The van der Waals surface area contributed by atoms with Crippen molar-refractivity contribution in [1.82, 2.24) is 16.0 Å². The molecule has 0 bridgehead atoms. The highest BCUT2D eigenvalue weighted by Crippen LogP contribution is 2.12. The van der Waals surface area contributed by atoms with Gasteiger partial charge < -0.3 is 20.7 Å². The van der Waals surface area contributed by atoms with Crippen molar-refractivity contribution >= 4 is 23.7 Å². The minimum absolute atomic E-state index is 0.118. The zero-order valence-corrected chi connectivity index (χ0v) is 17.5. The van der Waals surface area contributed by atoms with Gasteiger partial charge in [0.1, 0.15) is 23.9 Å². The van der Waals surface area contributed by atoms with Gasteiger partial charge in [-0.15, -0.1) is 0 Å². The van der Waals surface area contributed by atoms with Gasteiger partial charge in [-0.05, 0) is 17.2 Å². The Morgan fingerprint density at radius 1 is 1.00 bits per heavy atom. The molecule has 2 aromatic rings. The lowest BCUT2D eigenvalue weighted by atomic mass is 10.0. The van der Waals surface area contributed by atoms with E-state index in [2.05, 4.69) is 16.0 Å². The third kappa shape index (κ3) is 5.90. The summed E-state index contributed by atoms with van der Waals surface area (Å²) in [4.78, 5) is 49.4. The van der Waals surface area contributed by atoms with E-state index in [0.29, 0.717) is 6.42 Å².